The monoisotopic (exact) mass is 265 g/mol. The Hall–Kier alpha value is -2.88. The third kappa shape index (κ3) is 2.31. The van der Waals surface area contributed by atoms with Gasteiger partial charge in [0.05, 0.1) is 5.57 Å². The Bertz CT molecular complexity index is 705. The Morgan fingerprint density at radius 1 is 0.850 bits per heavy atom. The molecule has 0 saturated heterocycles. The van der Waals surface area contributed by atoms with E-state index in [2.05, 4.69) is 5.32 Å². The summed E-state index contributed by atoms with van der Waals surface area (Å²) in [6.07, 6.45) is 1.29. The van der Waals surface area contributed by atoms with Gasteiger partial charge in [0, 0.05) is 11.6 Å². The molecule has 0 aromatic heterocycles. The van der Waals surface area contributed by atoms with Crippen LogP contribution >= 0.6 is 0 Å². The molecule has 0 spiro atoms. The van der Waals surface area contributed by atoms with E-state index >= 15 is 0 Å². The van der Waals surface area contributed by atoms with Gasteiger partial charge >= 0.3 is 0 Å². The fourth-order valence-corrected chi connectivity index (χ4v) is 2.01. The highest BCUT2D eigenvalue weighted by Gasteiger charge is 2.24. The second-order valence-corrected chi connectivity index (χ2v) is 4.29. The summed E-state index contributed by atoms with van der Waals surface area (Å²) in [4.78, 5) is 23.0. The first kappa shape index (κ1) is 12.2. The third-order valence-corrected chi connectivity index (χ3v) is 2.91. The zero-order valence-corrected chi connectivity index (χ0v) is 10.5. The third-order valence-electron chi connectivity index (χ3n) is 2.91. The van der Waals surface area contributed by atoms with E-state index in [9.17, 15) is 9.59 Å². The molecular formula is C16H11NO3. The van der Waals surface area contributed by atoms with Crippen molar-refractivity contribution in [3.63, 3.8) is 0 Å². The van der Waals surface area contributed by atoms with Crippen LogP contribution in [0, 0.1) is 0 Å². The standard InChI is InChI=1S/C16H11NO3/c18-15-10-13(16(19)17-15)12-8-4-5-9-14(12)20-11-6-2-1-3-7-11/h1-10H,(H,17,18,19). The van der Waals surface area contributed by atoms with E-state index < -0.39 is 11.8 Å². The summed E-state index contributed by atoms with van der Waals surface area (Å²) in [5.74, 6) is 0.402. The van der Waals surface area contributed by atoms with Gasteiger partial charge in [-0.1, -0.05) is 36.4 Å². The maximum atomic E-state index is 11.7. The Labute approximate surface area is 115 Å². The number of imide groups is 1. The molecule has 0 radical (unpaired) electrons. The minimum absolute atomic E-state index is 0.321. The minimum Gasteiger partial charge on any atom is -0.457 e. The van der Waals surface area contributed by atoms with Crippen molar-refractivity contribution in [3.8, 4) is 11.5 Å². The van der Waals surface area contributed by atoms with Crippen LogP contribution < -0.4 is 10.1 Å². The van der Waals surface area contributed by atoms with E-state index in [0.717, 1.165) is 0 Å². The summed E-state index contributed by atoms with van der Waals surface area (Å²) in [6, 6.07) is 16.4. The predicted octanol–water partition coefficient (Wildman–Crippen LogP) is 2.52. The molecule has 0 aliphatic carbocycles. The molecule has 0 unspecified atom stereocenters. The van der Waals surface area contributed by atoms with Crippen LogP contribution in [0.3, 0.4) is 0 Å². The molecule has 2 amide bonds. The van der Waals surface area contributed by atoms with Crippen LogP contribution in [0.5, 0.6) is 11.5 Å². The normalized spacial score (nSPS) is 13.9. The summed E-state index contributed by atoms with van der Waals surface area (Å²) in [6.45, 7) is 0. The molecule has 1 N–H and O–H groups in total. The van der Waals surface area contributed by atoms with Gasteiger partial charge in [0.2, 0.25) is 0 Å². The van der Waals surface area contributed by atoms with Crippen LogP contribution in [0.2, 0.25) is 0 Å². The number of carbonyl (C=O) groups excluding carboxylic acids is 2. The Balaban J connectivity index is 1.99. The summed E-state index contributed by atoms with van der Waals surface area (Å²) in [7, 11) is 0. The lowest BCUT2D eigenvalue weighted by Crippen LogP contribution is -2.21. The van der Waals surface area contributed by atoms with Crippen molar-refractivity contribution in [2.45, 2.75) is 0 Å². The predicted molar refractivity (Wildman–Crippen MR) is 74.1 cm³/mol. The number of amides is 2. The van der Waals surface area contributed by atoms with Crippen molar-refractivity contribution in [1.82, 2.24) is 5.32 Å². The number of hydrogen-bond donors (Lipinski definition) is 1. The van der Waals surface area contributed by atoms with Crippen LogP contribution in [0.15, 0.2) is 60.7 Å². The number of carbonyl (C=O) groups is 2. The molecule has 20 heavy (non-hydrogen) atoms. The van der Waals surface area contributed by atoms with E-state index in [1.54, 1.807) is 18.2 Å². The number of rotatable bonds is 3. The zero-order chi connectivity index (χ0) is 13.9. The average Bonchev–Trinajstić information content (AvgIpc) is 2.79. The topological polar surface area (TPSA) is 55.4 Å². The molecule has 3 rings (SSSR count). The Kier molecular flexibility index (Phi) is 3.05. The molecule has 1 aliphatic heterocycles. The highest BCUT2D eigenvalue weighted by Crippen LogP contribution is 2.31. The molecule has 0 bridgehead atoms. The first-order chi connectivity index (χ1) is 9.74. The second kappa shape index (κ2) is 5.01. The van der Waals surface area contributed by atoms with Crippen molar-refractivity contribution in [2.24, 2.45) is 0 Å². The lowest BCUT2D eigenvalue weighted by atomic mass is 10.1. The van der Waals surface area contributed by atoms with Crippen molar-refractivity contribution < 1.29 is 14.3 Å². The molecule has 2 aromatic rings. The Morgan fingerprint density at radius 2 is 1.55 bits per heavy atom. The summed E-state index contributed by atoms with van der Waals surface area (Å²) < 4.78 is 5.77. The highest BCUT2D eigenvalue weighted by atomic mass is 16.5. The highest BCUT2D eigenvalue weighted by molar-refractivity contribution is 6.33. The van der Waals surface area contributed by atoms with Crippen molar-refractivity contribution in [2.75, 3.05) is 0 Å². The van der Waals surface area contributed by atoms with E-state index in [1.165, 1.54) is 6.08 Å². The Morgan fingerprint density at radius 3 is 2.25 bits per heavy atom. The molecule has 0 saturated carbocycles. The smallest absolute Gasteiger partial charge is 0.259 e. The average molecular weight is 265 g/mol. The fraction of sp³-hybridized carbons (Fsp3) is 0. The molecule has 4 heteroatoms. The first-order valence-corrected chi connectivity index (χ1v) is 6.13. The van der Waals surface area contributed by atoms with Crippen LogP contribution in [0.4, 0.5) is 0 Å². The van der Waals surface area contributed by atoms with Crippen LogP contribution in [0.25, 0.3) is 5.57 Å². The van der Waals surface area contributed by atoms with Gasteiger partial charge in [0.15, 0.2) is 0 Å². The molecule has 1 aliphatic rings. The van der Waals surface area contributed by atoms with Crippen molar-refractivity contribution in [3.05, 3.63) is 66.2 Å². The number of hydrogen-bond acceptors (Lipinski definition) is 3. The fourth-order valence-electron chi connectivity index (χ4n) is 2.01. The number of benzene rings is 2. The molecule has 0 atom stereocenters. The van der Waals surface area contributed by atoms with Crippen molar-refractivity contribution in [1.29, 1.82) is 0 Å². The molecule has 98 valence electrons. The largest absolute Gasteiger partial charge is 0.457 e. The van der Waals surface area contributed by atoms with Crippen molar-refractivity contribution >= 4 is 17.4 Å². The second-order valence-electron chi connectivity index (χ2n) is 4.29. The molecule has 4 nitrogen and oxygen atoms in total. The number of para-hydroxylation sites is 2. The lowest BCUT2D eigenvalue weighted by molar-refractivity contribution is -0.123. The summed E-state index contributed by atoms with van der Waals surface area (Å²) >= 11 is 0. The number of ether oxygens (including phenoxy) is 1. The van der Waals surface area contributed by atoms with E-state index in [1.807, 2.05) is 36.4 Å². The van der Waals surface area contributed by atoms with E-state index in [-0.39, 0.29) is 0 Å². The van der Waals surface area contributed by atoms with Gasteiger partial charge in [0.1, 0.15) is 11.5 Å². The van der Waals surface area contributed by atoms with E-state index in [0.29, 0.717) is 22.6 Å². The number of nitrogens with one attached hydrogen (secondary N) is 1. The van der Waals surface area contributed by atoms with E-state index in [4.69, 9.17) is 4.74 Å². The van der Waals surface area contributed by atoms with Crippen LogP contribution in [0.1, 0.15) is 5.56 Å². The molecular weight excluding hydrogens is 254 g/mol. The zero-order valence-electron chi connectivity index (χ0n) is 10.5. The van der Waals surface area contributed by atoms with Gasteiger partial charge in [-0.3, -0.25) is 14.9 Å². The van der Waals surface area contributed by atoms with Gasteiger partial charge in [0.25, 0.3) is 11.8 Å². The van der Waals surface area contributed by atoms with Gasteiger partial charge in [-0.25, -0.2) is 0 Å². The van der Waals surface area contributed by atoms with Gasteiger partial charge in [-0.15, -0.1) is 0 Å². The maximum absolute atomic E-state index is 11.7. The minimum atomic E-state index is -0.404. The van der Waals surface area contributed by atoms with Gasteiger partial charge in [-0.2, -0.15) is 0 Å². The lowest BCUT2D eigenvalue weighted by Gasteiger charge is -2.10. The SMILES string of the molecule is O=C1C=C(c2ccccc2Oc2ccccc2)C(=O)N1. The maximum Gasteiger partial charge on any atom is 0.259 e. The van der Waals surface area contributed by atoms with Crippen LogP contribution in [-0.4, -0.2) is 11.8 Å². The molecule has 1 heterocycles. The van der Waals surface area contributed by atoms with Gasteiger partial charge in [-0.05, 0) is 18.2 Å². The van der Waals surface area contributed by atoms with Gasteiger partial charge < -0.3 is 4.74 Å². The first-order valence-electron chi connectivity index (χ1n) is 6.13. The molecule has 0 fully saturated rings. The van der Waals surface area contributed by atoms with Crippen LogP contribution in [-0.2, 0) is 9.59 Å². The quantitative estimate of drug-likeness (QED) is 0.867. The molecule has 2 aromatic carbocycles. The summed E-state index contributed by atoms with van der Waals surface area (Å²) in [5, 5.41) is 2.23. The summed E-state index contributed by atoms with van der Waals surface area (Å²) in [5.41, 5.74) is 0.918.